The number of ether oxygens (including phenoxy) is 2. The smallest absolute Gasteiger partial charge is 0.408 e. The Morgan fingerprint density at radius 1 is 1.32 bits per heavy atom. The van der Waals surface area contributed by atoms with Gasteiger partial charge in [0.2, 0.25) is 0 Å². The first-order valence-electron chi connectivity index (χ1n) is 5.83. The van der Waals surface area contributed by atoms with Gasteiger partial charge in [0.05, 0.1) is 7.11 Å². The molecule has 0 bridgehead atoms. The molecule has 0 aliphatic rings. The van der Waals surface area contributed by atoms with E-state index in [2.05, 4.69) is 10.1 Å². The molecule has 0 spiro atoms. The highest BCUT2D eigenvalue weighted by molar-refractivity contribution is 5.81. The quantitative estimate of drug-likeness (QED) is 0.746. The van der Waals surface area contributed by atoms with E-state index in [1.807, 2.05) is 30.3 Å². The van der Waals surface area contributed by atoms with E-state index in [-0.39, 0.29) is 19.6 Å². The lowest BCUT2D eigenvalue weighted by atomic mass is 10.2. The van der Waals surface area contributed by atoms with Crippen molar-refractivity contribution >= 4 is 12.1 Å². The molecule has 0 unspecified atom stereocenters. The zero-order valence-electron chi connectivity index (χ0n) is 10.7. The Hall–Kier alpha value is -2.08. The number of amides is 1. The molecule has 0 aromatic heterocycles. The third-order valence-electron chi connectivity index (χ3n) is 2.41. The third-order valence-corrected chi connectivity index (χ3v) is 2.41. The van der Waals surface area contributed by atoms with Gasteiger partial charge < -0.3 is 19.9 Å². The maximum Gasteiger partial charge on any atom is 0.408 e. The minimum Gasteiger partial charge on any atom is -0.467 e. The zero-order chi connectivity index (χ0) is 14.1. The van der Waals surface area contributed by atoms with Crippen molar-refractivity contribution in [1.82, 2.24) is 5.32 Å². The number of rotatable bonds is 6. The van der Waals surface area contributed by atoms with Gasteiger partial charge in [-0.05, 0) is 5.56 Å². The summed E-state index contributed by atoms with van der Waals surface area (Å²) in [6.45, 7) is -0.127. The van der Waals surface area contributed by atoms with Gasteiger partial charge >= 0.3 is 12.1 Å². The molecule has 6 heteroatoms. The van der Waals surface area contributed by atoms with Gasteiger partial charge in [0.1, 0.15) is 12.6 Å². The predicted molar refractivity (Wildman–Crippen MR) is 67.3 cm³/mol. The fourth-order valence-corrected chi connectivity index (χ4v) is 1.43. The summed E-state index contributed by atoms with van der Waals surface area (Å²) in [5.41, 5.74) is 0.842. The maximum absolute atomic E-state index is 11.5. The molecule has 0 radical (unpaired) electrons. The van der Waals surface area contributed by atoms with Crippen molar-refractivity contribution in [2.45, 2.75) is 19.1 Å². The van der Waals surface area contributed by atoms with E-state index < -0.39 is 18.1 Å². The van der Waals surface area contributed by atoms with Crippen LogP contribution in [0.2, 0.25) is 0 Å². The molecule has 1 amide bonds. The number of carbonyl (C=O) groups excluding carboxylic acids is 2. The van der Waals surface area contributed by atoms with Crippen LogP contribution in [0.3, 0.4) is 0 Å². The molecule has 104 valence electrons. The van der Waals surface area contributed by atoms with E-state index in [1.165, 1.54) is 7.11 Å². The highest BCUT2D eigenvalue weighted by Gasteiger charge is 2.21. The molecule has 6 nitrogen and oxygen atoms in total. The topological polar surface area (TPSA) is 84.9 Å². The van der Waals surface area contributed by atoms with Crippen molar-refractivity contribution in [2.75, 3.05) is 13.7 Å². The molecular weight excluding hydrogens is 250 g/mol. The lowest BCUT2D eigenvalue weighted by Gasteiger charge is -2.15. The average molecular weight is 267 g/mol. The highest BCUT2D eigenvalue weighted by Crippen LogP contribution is 2.01. The minimum atomic E-state index is -0.904. The molecular formula is C13H17NO5. The van der Waals surface area contributed by atoms with Crippen LogP contribution in [0.1, 0.15) is 12.0 Å². The Kier molecular flexibility index (Phi) is 6.38. The second-order valence-corrected chi connectivity index (χ2v) is 3.79. The summed E-state index contributed by atoms with van der Waals surface area (Å²) in [4.78, 5) is 22.8. The maximum atomic E-state index is 11.5. The number of aliphatic hydroxyl groups is 1. The molecule has 0 aliphatic heterocycles. The van der Waals surface area contributed by atoms with Gasteiger partial charge in [-0.15, -0.1) is 0 Å². The third kappa shape index (κ3) is 5.39. The van der Waals surface area contributed by atoms with Crippen molar-refractivity contribution in [3.05, 3.63) is 35.9 Å². The van der Waals surface area contributed by atoms with E-state index in [9.17, 15) is 9.59 Å². The summed E-state index contributed by atoms with van der Waals surface area (Å²) >= 11 is 0. The van der Waals surface area contributed by atoms with Crippen LogP contribution in [-0.2, 0) is 20.9 Å². The Morgan fingerprint density at radius 3 is 2.58 bits per heavy atom. The summed E-state index contributed by atoms with van der Waals surface area (Å²) in [6.07, 6.45) is -0.652. The number of hydrogen-bond donors (Lipinski definition) is 2. The first-order chi connectivity index (χ1) is 9.17. The number of alkyl carbamates (subject to hydrolysis) is 1. The molecule has 0 saturated carbocycles. The van der Waals surface area contributed by atoms with E-state index in [0.717, 1.165) is 5.56 Å². The van der Waals surface area contributed by atoms with E-state index in [0.29, 0.717) is 0 Å². The number of benzene rings is 1. The zero-order valence-corrected chi connectivity index (χ0v) is 10.7. The molecule has 0 heterocycles. The van der Waals surface area contributed by atoms with Crippen LogP contribution >= 0.6 is 0 Å². The van der Waals surface area contributed by atoms with Gasteiger partial charge in [-0.1, -0.05) is 30.3 Å². The standard InChI is InChI=1S/C13H17NO5/c1-18-12(16)11(7-8-15)14-13(17)19-9-10-5-3-2-4-6-10/h2-6,11,15H,7-9H2,1H3,(H,14,17)/t11-/m1/s1. The summed E-state index contributed by atoms with van der Waals surface area (Å²) in [7, 11) is 1.21. The van der Waals surface area contributed by atoms with E-state index >= 15 is 0 Å². The first-order valence-corrected chi connectivity index (χ1v) is 5.83. The highest BCUT2D eigenvalue weighted by atomic mass is 16.6. The fraction of sp³-hybridized carbons (Fsp3) is 0.385. The largest absolute Gasteiger partial charge is 0.467 e. The van der Waals surface area contributed by atoms with Crippen LogP contribution in [0, 0.1) is 0 Å². The van der Waals surface area contributed by atoms with Gasteiger partial charge in [0.15, 0.2) is 0 Å². The van der Waals surface area contributed by atoms with E-state index in [4.69, 9.17) is 9.84 Å². The number of hydrogen-bond acceptors (Lipinski definition) is 5. The second kappa shape index (κ2) is 8.10. The number of carbonyl (C=O) groups is 2. The van der Waals surface area contributed by atoms with Crippen LogP contribution in [-0.4, -0.2) is 36.9 Å². The molecule has 0 fully saturated rings. The second-order valence-electron chi connectivity index (χ2n) is 3.79. The van der Waals surface area contributed by atoms with Crippen molar-refractivity contribution in [2.24, 2.45) is 0 Å². The normalized spacial score (nSPS) is 11.5. The molecule has 19 heavy (non-hydrogen) atoms. The molecule has 0 aliphatic carbocycles. The molecule has 0 saturated heterocycles. The predicted octanol–water partition coefficient (Wildman–Crippen LogP) is 0.837. The van der Waals surface area contributed by atoms with Crippen molar-refractivity contribution < 1.29 is 24.2 Å². The van der Waals surface area contributed by atoms with Gasteiger partial charge in [-0.2, -0.15) is 0 Å². The van der Waals surface area contributed by atoms with Crippen LogP contribution < -0.4 is 5.32 Å². The van der Waals surface area contributed by atoms with Crippen molar-refractivity contribution in [1.29, 1.82) is 0 Å². The fourth-order valence-electron chi connectivity index (χ4n) is 1.43. The Bertz CT molecular complexity index is 407. The summed E-state index contributed by atoms with van der Waals surface area (Å²) < 4.78 is 9.47. The molecule has 1 aromatic carbocycles. The Morgan fingerprint density at radius 2 is 2.00 bits per heavy atom. The summed E-state index contributed by atoms with van der Waals surface area (Å²) in [6, 6.07) is 8.26. The van der Waals surface area contributed by atoms with Crippen molar-refractivity contribution in [3.8, 4) is 0 Å². The number of aliphatic hydroxyl groups excluding tert-OH is 1. The Labute approximate surface area is 111 Å². The lowest BCUT2D eigenvalue weighted by Crippen LogP contribution is -2.42. The van der Waals surface area contributed by atoms with E-state index in [1.54, 1.807) is 0 Å². The molecule has 1 rings (SSSR count). The number of esters is 1. The Balaban J connectivity index is 2.42. The average Bonchev–Trinajstić information content (AvgIpc) is 2.45. The van der Waals surface area contributed by atoms with Crippen LogP contribution in [0.4, 0.5) is 4.79 Å². The molecule has 1 atom stereocenters. The first kappa shape index (κ1) is 15.0. The van der Waals surface area contributed by atoms with Gasteiger partial charge in [-0.25, -0.2) is 9.59 Å². The monoisotopic (exact) mass is 267 g/mol. The van der Waals surface area contributed by atoms with Crippen LogP contribution in [0.5, 0.6) is 0 Å². The van der Waals surface area contributed by atoms with Crippen LogP contribution in [0.15, 0.2) is 30.3 Å². The lowest BCUT2D eigenvalue weighted by molar-refractivity contribution is -0.143. The van der Waals surface area contributed by atoms with Gasteiger partial charge in [0, 0.05) is 13.0 Å². The summed E-state index contributed by atoms with van der Waals surface area (Å²) in [5, 5.41) is 11.1. The number of methoxy groups -OCH3 is 1. The number of nitrogens with one attached hydrogen (secondary N) is 1. The van der Waals surface area contributed by atoms with Gasteiger partial charge in [-0.3, -0.25) is 0 Å². The molecule has 2 N–H and O–H groups in total. The molecule has 1 aromatic rings. The minimum absolute atomic E-state index is 0.0765. The van der Waals surface area contributed by atoms with Gasteiger partial charge in [0.25, 0.3) is 0 Å². The summed E-state index contributed by atoms with van der Waals surface area (Å²) in [5.74, 6) is -0.620. The van der Waals surface area contributed by atoms with Crippen LogP contribution in [0.25, 0.3) is 0 Å². The van der Waals surface area contributed by atoms with Crippen molar-refractivity contribution in [3.63, 3.8) is 0 Å². The SMILES string of the molecule is COC(=O)[C@@H](CCO)NC(=O)OCc1ccccc1.